The van der Waals surface area contributed by atoms with Crippen LogP contribution in [-0.2, 0) is 6.42 Å². The first kappa shape index (κ1) is 9.87. The van der Waals surface area contributed by atoms with Crippen molar-refractivity contribution in [3.63, 3.8) is 0 Å². The number of fused-ring (bicyclic) bond motifs is 1. The molecule has 0 saturated heterocycles. The number of benzene rings is 1. The summed E-state index contributed by atoms with van der Waals surface area (Å²) in [5, 5.41) is 3.03. The van der Waals surface area contributed by atoms with E-state index in [4.69, 9.17) is 0 Å². The van der Waals surface area contributed by atoms with Crippen molar-refractivity contribution in [2.45, 2.75) is 13.3 Å². The first-order chi connectivity index (χ1) is 6.77. The molecule has 1 aromatic carbocycles. The van der Waals surface area contributed by atoms with Crippen molar-refractivity contribution in [2.75, 3.05) is 0 Å². The van der Waals surface area contributed by atoms with Crippen LogP contribution in [0, 0.1) is 0 Å². The molecule has 0 spiro atoms. The number of hydrogen-bond acceptors (Lipinski definition) is 2. The molecule has 2 rings (SSSR count). The molecule has 3 heteroatoms. The van der Waals surface area contributed by atoms with E-state index in [2.05, 4.69) is 28.9 Å². The predicted molar refractivity (Wildman–Crippen MR) is 64.3 cm³/mol. The molecule has 0 amide bonds. The van der Waals surface area contributed by atoms with Crippen LogP contribution >= 0.6 is 27.3 Å². The molecule has 0 bridgehead atoms. The maximum atomic E-state index is 10.9. The van der Waals surface area contributed by atoms with Crippen molar-refractivity contribution in [3.8, 4) is 0 Å². The summed E-state index contributed by atoms with van der Waals surface area (Å²) in [4.78, 5) is 10.9. The summed E-state index contributed by atoms with van der Waals surface area (Å²) in [6.07, 6.45) is 1.89. The Bertz CT molecular complexity index is 487. The van der Waals surface area contributed by atoms with Gasteiger partial charge in [-0.1, -0.05) is 13.0 Å². The molecule has 0 aliphatic rings. The van der Waals surface area contributed by atoms with Gasteiger partial charge in [0.15, 0.2) is 6.29 Å². The van der Waals surface area contributed by atoms with Gasteiger partial charge in [-0.25, -0.2) is 0 Å². The molecule has 1 heterocycles. The Labute approximate surface area is 94.9 Å². The van der Waals surface area contributed by atoms with Gasteiger partial charge in [-0.3, -0.25) is 4.79 Å². The summed E-state index contributed by atoms with van der Waals surface area (Å²) in [5.41, 5.74) is 2.05. The van der Waals surface area contributed by atoms with Crippen molar-refractivity contribution < 1.29 is 4.79 Å². The van der Waals surface area contributed by atoms with Gasteiger partial charge in [-0.2, -0.15) is 0 Å². The van der Waals surface area contributed by atoms with Gasteiger partial charge in [0.2, 0.25) is 0 Å². The van der Waals surface area contributed by atoms with E-state index >= 15 is 0 Å². The van der Waals surface area contributed by atoms with E-state index in [-0.39, 0.29) is 0 Å². The molecule has 1 nitrogen and oxygen atoms in total. The van der Waals surface area contributed by atoms with E-state index in [0.717, 1.165) is 28.1 Å². The molecule has 1 aromatic heterocycles. The predicted octanol–water partition coefficient (Wildman–Crippen LogP) is 4.04. The second-order valence-corrected chi connectivity index (χ2v) is 4.81. The van der Waals surface area contributed by atoms with Crippen LogP contribution in [0.4, 0.5) is 0 Å². The minimum absolute atomic E-state index is 0.808. The van der Waals surface area contributed by atoms with Gasteiger partial charge in [-0.05, 0) is 34.0 Å². The highest BCUT2D eigenvalue weighted by Gasteiger charge is 2.09. The standard InChI is InChI=1S/C11H9BrOS/c1-2-7-3-4-9(12)11-10(7)8(5-13)6-14-11/h3-6H,2H2,1H3. The van der Waals surface area contributed by atoms with E-state index in [1.54, 1.807) is 11.3 Å². The summed E-state index contributed by atoms with van der Waals surface area (Å²) in [6.45, 7) is 2.11. The quantitative estimate of drug-likeness (QED) is 0.752. The summed E-state index contributed by atoms with van der Waals surface area (Å²) in [7, 11) is 0. The van der Waals surface area contributed by atoms with Crippen LogP contribution < -0.4 is 0 Å². The second-order valence-electron chi connectivity index (χ2n) is 3.07. The Morgan fingerprint density at radius 3 is 2.93 bits per heavy atom. The monoisotopic (exact) mass is 268 g/mol. The highest BCUT2D eigenvalue weighted by Crippen LogP contribution is 2.34. The zero-order chi connectivity index (χ0) is 10.1. The Morgan fingerprint density at radius 2 is 2.29 bits per heavy atom. The van der Waals surface area contributed by atoms with Gasteiger partial charge in [0.25, 0.3) is 0 Å². The molecule has 0 saturated carbocycles. The molecule has 0 atom stereocenters. The lowest BCUT2D eigenvalue weighted by Crippen LogP contribution is -1.85. The van der Waals surface area contributed by atoms with E-state index < -0.39 is 0 Å². The fourth-order valence-electron chi connectivity index (χ4n) is 1.59. The molecular weight excluding hydrogens is 260 g/mol. The van der Waals surface area contributed by atoms with Crippen LogP contribution in [0.1, 0.15) is 22.8 Å². The maximum absolute atomic E-state index is 10.9. The molecule has 0 fully saturated rings. The lowest BCUT2D eigenvalue weighted by molar-refractivity contribution is 0.112. The number of thiophene rings is 1. The average Bonchev–Trinajstić information content (AvgIpc) is 2.63. The molecular formula is C11H9BrOS. The zero-order valence-electron chi connectivity index (χ0n) is 7.71. The number of halogens is 1. The third kappa shape index (κ3) is 1.41. The molecule has 2 aromatic rings. The summed E-state index contributed by atoms with van der Waals surface area (Å²) < 4.78 is 2.24. The smallest absolute Gasteiger partial charge is 0.151 e. The van der Waals surface area contributed by atoms with E-state index in [1.165, 1.54) is 10.3 Å². The van der Waals surface area contributed by atoms with E-state index in [0.29, 0.717) is 0 Å². The molecule has 0 N–H and O–H groups in total. The number of aryl methyl sites for hydroxylation is 1. The van der Waals surface area contributed by atoms with Crippen LogP contribution in [0.2, 0.25) is 0 Å². The van der Waals surface area contributed by atoms with E-state index in [9.17, 15) is 4.79 Å². The number of hydrogen-bond donors (Lipinski definition) is 0. The molecule has 0 aliphatic heterocycles. The van der Waals surface area contributed by atoms with Crippen LogP contribution in [0.5, 0.6) is 0 Å². The van der Waals surface area contributed by atoms with Crippen molar-refractivity contribution in [3.05, 3.63) is 33.1 Å². The van der Waals surface area contributed by atoms with Crippen LogP contribution in [0.3, 0.4) is 0 Å². The van der Waals surface area contributed by atoms with Crippen molar-refractivity contribution in [2.24, 2.45) is 0 Å². The third-order valence-electron chi connectivity index (χ3n) is 2.30. The third-order valence-corrected chi connectivity index (χ3v) is 4.25. The topological polar surface area (TPSA) is 17.1 Å². The van der Waals surface area contributed by atoms with Gasteiger partial charge in [0.1, 0.15) is 0 Å². The SMILES string of the molecule is CCc1ccc(Br)c2scc(C=O)c12. The molecule has 0 unspecified atom stereocenters. The van der Waals surface area contributed by atoms with Crippen LogP contribution in [0.25, 0.3) is 10.1 Å². The molecule has 0 radical (unpaired) electrons. The van der Waals surface area contributed by atoms with Gasteiger partial charge in [0, 0.05) is 25.5 Å². The van der Waals surface area contributed by atoms with Gasteiger partial charge in [0.05, 0.1) is 0 Å². The minimum Gasteiger partial charge on any atom is -0.298 e. The first-order valence-corrected chi connectivity index (χ1v) is 6.09. The number of rotatable bonds is 2. The molecule has 0 aliphatic carbocycles. The average molecular weight is 269 g/mol. The summed E-state index contributed by atoms with van der Waals surface area (Å²) in [6, 6.07) is 4.12. The fraction of sp³-hybridized carbons (Fsp3) is 0.182. The van der Waals surface area contributed by atoms with Crippen LogP contribution in [-0.4, -0.2) is 6.29 Å². The highest BCUT2D eigenvalue weighted by atomic mass is 79.9. The Balaban J connectivity index is 2.88. The van der Waals surface area contributed by atoms with Crippen molar-refractivity contribution in [1.29, 1.82) is 0 Å². The highest BCUT2D eigenvalue weighted by molar-refractivity contribution is 9.10. The first-order valence-electron chi connectivity index (χ1n) is 4.41. The largest absolute Gasteiger partial charge is 0.298 e. The normalized spacial score (nSPS) is 10.7. The maximum Gasteiger partial charge on any atom is 0.151 e. The minimum atomic E-state index is 0.808. The van der Waals surface area contributed by atoms with Gasteiger partial charge < -0.3 is 0 Å². The van der Waals surface area contributed by atoms with Crippen LogP contribution in [0.15, 0.2) is 22.0 Å². The number of carbonyl (C=O) groups is 1. The fourth-order valence-corrected chi connectivity index (χ4v) is 3.17. The lowest BCUT2D eigenvalue weighted by Gasteiger charge is -2.01. The van der Waals surface area contributed by atoms with E-state index in [1.807, 2.05) is 11.4 Å². The summed E-state index contributed by atoms with van der Waals surface area (Å²) in [5.74, 6) is 0. The number of carbonyl (C=O) groups excluding carboxylic acids is 1. The van der Waals surface area contributed by atoms with Gasteiger partial charge >= 0.3 is 0 Å². The number of aldehydes is 1. The lowest BCUT2D eigenvalue weighted by atomic mass is 10.1. The zero-order valence-corrected chi connectivity index (χ0v) is 10.1. The molecule has 72 valence electrons. The second kappa shape index (κ2) is 3.83. The molecule has 14 heavy (non-hydrogen) atoms. The Morgan fingerprint density at radius 1 is 1.50 bits per heavy atom. The Hall–Kier alpha value is -0.670. The van der Waals surface area contributed by atoms with Crippen molar-refractivity contribution >= 4 is 43.6 Å². The van der Waals surface area contributed by atoms with Crippen molar-refractivity contribution in [1.82, 2.24) is 0 Å². The Kier molecular flexibility index (Phi) is 2.70. The van der Waals surface area contributed by atoms with Gasteiger partial charge in [-0.15, -0.1) is 11.3 Å². The summed E-state index contributed by atoms with van der Waals surface area (Å²) >= 11 is 5.11.